The summed E-state index contributed by atoms with van der Waals surface area (Å²) < 4.78 is 34.9. The van der Waals surface area contributed by atoms with Gasteiger partial charge in [-0.15, -0.1) is 11.3 Å². The summed E-state index contributed by atoms with van der Waals surface area (Å²) in [6.07, 6.45) is 0. The van der Waals surface area contributed by atoms with Gasteiger partial charge in [0, 0.05) is 19.0 Å². The molecule has 0 aliphatic heterocycles. The van der Waals surface area contributed by atoms with E-state index in [2.05, 4.69) is 44.6 Å². The van der Waals surface area contributed by atoms with Crippen LogP contribution in [-0.4, -0.2) is 31.2 Å². The van der Waals surface area contributed by atoms with Crippen molar-refractivity contribution in [1.82, 2.24) is 15.6 Å². The van der Waals surface area contributed by atoms with Crippen LogP contribution in [0.2, 0.25) is 0 Å². The van der Waals surface area contributed by atoms with E-state index in [1.807, 2.05) is 0 Å². The second-order valence-corrected chi connectivity index (χ2v) is 7.14. The zero-order valence-corrected chi connectivity index (χ0v) is 17.3. The van der Waals surface area contributed by atoms with Crippen LogP contribution in [0, 0.1) is 0 Å². The van der Waals surface area contributed by atoms with Gasteiger partial charge in [0.15, 0.2) is 17.5 Å². The zero-order chi connectivity index (χ0) is 20.5. The normalized spacial score (nSPS) is 11.8. The van der Waals surface area contributed by atoms with E-state index in [0.29, 0.717) is 31.6 Å². The quantitative estimate of drug-likeness (QED) is 0.479. The molecule has 1 heterocycles. The number of thiazole rings is 1. The summed E-state index contributed by atoms with van der Waals surface area (Å²) in [6.45, 7) is 4.49. The van der Waals surface area contributed by atoms with Crippen molar-refractivity contribution in [3.63, 3.8) is 0 Å². The van der Waals surface area contributed by atoms with Gasteiger partial charge in [-0.25, -0.2) is 4.98 Å². The molecule has 0 bridgehead atoms. The molecule has 0 aliphatic carbocycles. The van der Waals surface area contributed by atoms with Crippen LogP contribution in [0.1, 0.15) is 43.0 Å². The molecule has 2 aromatic rings. The maximum atomic E-state index is 12.5. The van der Waals surface area contributed by atoms with Crippen molar-refractivity contribution in [3.05, 3.63) is 39.8 Å². The second-order valence-electron chi connectivity index (χ2n) is 6.19. The van der Waals surface area contributed by atoms with Crippen LogP contribution in [0.25, 0.3) is 0 Å². The smallest absolute Gasteiger partial charge is 0.387 e. The highest BCUT2D eigenvalue weighted by Crippen LogP contribution is 2.29. The SMILES string of the molecule is CCOc1cc(CNC(=NC)NCc2nc(C(C)C)cs2)ccc1OC(F)F. The zero-order valence-electron chi connectivity index (χ0n) is 16.5. The summed E-state index contributed by atoms with van der Waals surface area (Å²) in [5.74, 6) is 1.33. The molecule has 0 saturated heterocycles. The summed E-state index contributed by atoms with van der Waals surface area (Å²) in [5, 5.41) is 9.45. The summed E-state index contributed by atoms with van der Waals surface area (Å²) in [5.41, 5.74) is 1.93. The summed E-state index contributed by atoms with van der Waals surface area (Å²) in [7, 11) is 1.68. The van der Waals surface area contributed by atoms with Gasteiger partial charge in [-0.05, 0) is 30.5 Å². The fourth-order valence-corrected chi connectivity index (χ4v) is 3.26. The van der Waals surface area contributed by atoms with E-state index in [9.17, 15) is 8.78 Å². The van der Waals surface area contributed by atoms with E-state index in [1.165, 1.54) is 6.07 Å². The Bertz CT molecular complexity index is 781. The van der Waals surface area contributed by atoms with Gasteiger partial charge in [-0.1, -0.05) is 19.9 Å². The van der Waals surface area contributed by atoms with E-state index in [1.54, 1.807) is 37.4 Å². The Morgan fingerprint density at radius 1 is 1.21 bits per heavy atom. The van der Waals surface area contributed by atoms with Gasteiger partial charge in [-0.3, -0.25) is 4.99 Å². The van der Waals surface area contributed by atoms with Crippen molar-refractivity contribution in [1.29, 1.82) is 0 Å². The summed E-state index contributed by atoms with van der Waals surface area (Å²) in [4.78, 5) is 8.77. The Kier molecular flexibility index (Phi) is 8.43. The van der Waals surface area contributed by atoms with Crippen LogP contribution in [0.4, 0.5) is 8.78 Å². The number of hydrogen-bond donors (Lipinski definition) is 2. The monoisotopic (exact) mass is 412 g/mol. The van der Waals surface area contributed by atoms with Crippen LogP contribution >= 0.6 is 11.3 Å². The highest BCUT2D eigenvalue weighted by Gasteiger charge is 2.12. The van der Waals surface area contributed by atoms with Crippen LogP contribution in [0.5, 0.6) is 11.5 Å². The predicted octanol–water partition coefficient (Wildman–Crippen LogP) is 4.13. The number of guanidine groups is 1. The van der Waals surface area contributed by atoms with Gasteiger partial charge in [0.25, 0.3) is 0 Å². The van der Waals surface area contributed by atoms with Crippen molar-refractivity contribution < 1.29 is 18.3 Å². The molecule has 0 fully saturated rings. The average Bonchev–Trinajstić information content (AvgIpc) is 3.13. The first-order chi connectivity index (χ1) is 13.4. The van der Waals surface area contributed by atoms with Gasteiger partial charge >= 0.3 is 6.61 Å². The number of aliphatic imine (C=N–C) groups is 1. The molecule has 2 rings (SSSR count). The molecule has 2 N–H and O–H groups in total. The topological polar surface area (TPSA) is 67.8 Å². The number of hydrogen-bond acceptors (Lipinski definition) is 5. The fraction of sp³-hybridized carbons (Fsp3) is 0.474. The molecule has 6 nitrogen and oxygen atoms in total. The molecule has 0 amide bonds. The molecule has 0 atom stereocenters. The Labute approximate surface area is 168 Å². The lowest BCUT2D eigenvalue weighted by atomic mass is 10.2. The van der Waals surface area contributed by atoms with Gasteiger partial charge in [0.05, 0.1) is 18.8 Å². The van der Waals surface area contributed by atoms with Crippen LogP contribution in [-0.2, 0) is 13.1 Å². The van der Waals surface area contributed by atoms with Gasteiger partial charge < -0.3 is 20.1 Å². The second kappa shape index (κ2) is 10.8. The maximum absolute atomic E-state index is 12.5. The number of rotatable bonds is 9. The van der Waals surface area contributed by atoms with Gasteiger partial charge in [-0.2, -0.15) is 8.78 Å². The molecule has 28 heavy (non-hydrogen) atoms. The first kappa shape index (κ1) is 21.9. The first-order valence-corrected chi connectivity index (χ1v) is 9.90. The Morgan fingerprint density at radius 2 is 1.96 bits per heavy atom. The van der Waals surface area contributed by atoms with Crippen molar-refractivity contribution in [2.24, 2.45) is 4.99 Å². The molecule has 0 aliphatic rings. The standard InChI is InChI=1S/C19H26F2N4O2S/c1-5-26-16-8-13(6-7-15(16)27-18(20)21)9-23-19(22-4)24-10-17-25-14(11-28-17)12(2)3/h6-8,11-12,18H,5,9-10H2,1-4H3,(H2,22,23,24). The lowest BCUT2D eigenvalue weighted by Crippen LogP contribution is -2.36. The minimum atomic E-state index is -2.90. The number of alkyl halides is 2. The maximum Gasteiger partial charge on any atom is 0.387 e. The van der Waals surface area contributed by atoms with Gasteiger partial charge in [0.1, 0.15) is 5.01 Å². The largest absolute Gasteiger partial charge is 0.490 e. The molecule has 0 spiro atoms. The molecule has 1 aromatic heterocycles. The van der Waals surface area contributed by atoms with E-state index < -0.39 is 6.61 Å². The molecular formula is C19H26F2N4O2S. The molecule has 1 aromatic carbocycles. The Balaban J connectivity index is 1.93. The third-order valence-corrected chi connectivity index (χ3v) is 4.64. The highest BCUT2D eigenvalue weighted by atomic mass is 32.1. The number of ether oxygens (including phenoxy) is 2. The molecular weight excluding hydrogens is 386 g/mol. The van der Waals surface area contributed by atoms with Crippen molar-refractivity contribution in [2.45, 2.75) is 46.4 Å². The first-order valence-electron chi connectivity index (χ1n) is 9.02. The predicted molar refractivity (Wildman–Crippen MR) is 107 cm³/mol. The Morgan fingerprint density at radius 3 is 2.57 bits per heavy atom. The van der Waals surface area contributed by atoms with Crippen LogP contribution in [0.15, 0.2) is 28.6 Å². The molecule has 0 saturated carbocycles. The number of nitrogens with zero attached hydrogens (tertiary/aromatic N) is 2. The van der Waals surface area contributed by atoms with Crippen LogP contribution in [0.3, 0.4) is 0 Å². The number of benzene rings is 1. The van der Waals surface area contributed by atoms with Gasteiger partial charge in [0.2, 0.25) is 0 Å². The molecule has 9 heteroatoms. The minimum Gasteiger partial charge on any atom is -0.490 e. The molecule has 0 radical (unpaired) electrons. The molecule has 154 valence electrons. The van der Waals surface area contributed by atoms with E-state index >= 15 is 0 Å². The molecule has 0 unspecified atom stereocenters. The number of nitrogens with one attached hydrogen (secondary N) is 2. The van der Waals surface area contributed by atoms with E-state index in [-0.39, 0.29) is 11.5 Å². The highest BCUT2D eigenvalue weighted by molar-refractivity contribution is 7.09. The Hall–Kier alpha value is -2.42. The van der Waals surface area contributed by atoms with Crippen molar-refractivity contribution >= 4 is 17.3 Å². The van der Waals surface area contributed by atoms with Crippen molar-refractivity contribution in [2.75, 3.05) is 13.7 Å². The third-order valence-electron chi connectivity index (χ3n) is 3.78. The lowest BCUT2D eigenvalue weighted by molar-refractivity contribution is -0.0514. The number of halogens is 2. The minimum absolute atomic E-state index is 0.0211. The summed E-state index contributed by atoms with van der Waals surface area (Å²) >= 11 is 1.61. The summed E-state index contributed by atoms with van der Waals surface area (Å²) in [6, 6.07) is 4.86. The number of aromatic nitrogens is 1. The van der Waals surface area contributed by atoms with Crippen LogP contribution < -0.4 is 20.1 Å². The fourth-order valence-electron chi connectivity index (χ4n) is 2.36. The lowest BCUT2D eigenvalue weighted by Gasteiger charge is -2.14. The third kappa shape index (κ3) is 6.63. The van der Waals surface area contributed by atoms with E-state index in [4.69, 9.17) is 4.74 Å². The van der Waals surface area contributed by atoms with E-state index in [0.717, 1.165) is 16.3 Å². The average molecular weight is 413 g/mol. The van der Waals surface area contributed by atoms with Crippen molar-refractivity contribution in [3.8, 4) is 11.5 Å².